The molecule has 1 atom stereocenters. The van der Waals surface area contributed by atoms with Gasteiger partial charge in [-0.15, -0.1) is 0 Å². The van der Waals surface area contributed by atoms with Crippen LogP contribution in [0.15, 0.2) is 12.3 Å². The van der Waals surface area contributed by atoms with Gasteiger partial charge in [0.15, 0.2) is 0 Å². The summed E-state index contributed by atoms with van der Waals surface area (Å²) < 4.78 is 5.37. The lowest BCUT2D eigenvalue weighted by atomic mass is 10.1. The summed E-state index contributed by atoms with van der Waals surface area (Å²) in [5.41, 5.74) is 6.59. The van der Waals surface area contributed by atoms with Gasteiger partial charge in [-0.2, -0.15) is 0 Å². The Morgan fingerprint density at radius 2 is 2.50 bits per heavy atom. The maximum absolute atomic E-state index is 5.51. The molecule has 1 aliphatic heterocycles. The lowest BCUT2D eigenvalue weighted by Crippen LogP contribution is -2.27. The van der Waals surface area contributed by atoms with Crippen molar-refractivity contribution in [2.24, 2.45) is 5.73 Å². The average Bonchev–Trinajstić information content (AvgIpc) is 2.83. The van der Waals surface area contributed by atoms with E-state index >= 15 is 0 Å². The number of rotatable bonds is 4. The van der Waals surface area contributed by atoms with Gasteiger partial charge in [-0.05, 0) is 12.5 Å². The first-order chi connectivity index (χ1) is 7.81. The van der Waals surface area contributed by atoms with E-state index in [-0.39, 0.29) is 0 Å². The Hall–Kier alpha value is -1.20. The van der Waals surface area contributed by atoms with Crippen LogP contribution in [0.2, 0.25) is 0 Å². The van der Waals surface area contributed by atoms with Crippen molar-refractivity contribution in [2.45, 2.75) is 12.3 Å². The molecule has 1 saturated heterocycles. The van der Waals surface area contributed by atoms with Gasteiger partial charge in [0.2, 0.25) is 5.95 Å². The second kappa shape index (κ2) is 5.23. The Morgan fingerprint density at radius 1 is 1.62 bits per heavy atom. The van der Waals surface area contributed by atoms with Crippen LogP contribution < -0.4 is 10.6 Å². The molecule has 88 valence electrons. The fourth-order valence-corrected chi connectivity index (χ4v) is 1.83. The third-order valence-electron chi connectivity index (χ3n) is 2.82. The molecule has 0 aromatic carbocycles. The van der Waals surface area contributed by atoms with E-state index in [2.05, 4.69) is 9.97 Å². The molecule has 1 aromatic rings. The van der Waals surface area contributed by atoms with Crippen molar-refractivity contribution in [3.63, 3.8) is 0 Å². The molecule has 0 spiro atoms. The SMILES string of the molecule is CN(CCN)c1nccc(C2CCOC2)n1. The number of aromatic nitrogens is 2. The van der Waals surface area contributed by atoms with Gasteiger partial charge in [-0.25, -0.2) is 9.97 Å². The molecule has 2 rings (SSSR count). The number of ether oxygens (including phenoxy) is 1. The average molecular weight is 222 g/mol. The summed E-state index contributed by atoms with van der Waals surface area (Å²) in [7, 11) is 1.96. The summed E-state index contributed by atoms with van der Waals surface area (Å²) in [6, 6.07) is 1.97. The molecule has 16 heavy (non-hydrogen) atoms. The number of nitrogens with two attached hydrogens (primary N) is 1. The minimum absolute atomic E-state index is 0.424. The molecule has 5 nitrogen and oxygen atoms in total. The van der Waals surface area contributed by atoms with Crippen LogP contribution in [-0.2, 0) is 4.74 Å². The summed E-state index contributed by atoms with van der Waals surface area (Å²) in [6.07, 6.45) is 2.86. The second-order valence-electron chi connectivity index (χ2n) is 4.05. The number of anilines is 1. The number of likely N-dealkylation sites (N-methyl/N-ethyl adjacent to an activating group) is 1. The zero-order valence-electron chi connectivity index (χ0n) is 9.59. The first-order valence-corrected chi connectivity index (χ1v) is 5.63. The fourth-order valence-electron chi connectivity index (χ4n) is 1.83. The van der Waals surface area contributed by atoms with Crippen LogP contribution >= 0.6 is 0 Å². The van der Waals surface area contributed by atoms with Crippen LogP contribution in [0, 0.1) is 0 Å². The number of hydrogen-bond acceptors (Lipinski definition) is 5. The monoisotopic (exact) mass is 222 g/mol. The highest BCUT2D eigenvalue weighted by Gasteiger charge is 2.19. The molecule has 0 aliphatic carbocycles. The van der Waals surface area contributed by atoms with Crippen molar-refractivity contribution < 1.29 is 4.74 Å². The summed E-state index contributed by atoms with van der Waals surface area (Å²) in [5, 5.41) is 0. The third-order valence-corrected chi connectivity index (χ3v) is 2.82. The molecular formula is C11H18N4O. The van der Waals surface area contributed by atoms with E-state index in [1.54, 1.807) is 0 Å². The topological polar surface area (TPSA) is 64.3 Å². The lowest BCUT2D eigenvalue weighted by Gasteiger charge is -2.17. The molecule has 0 radical (unpaired) electrons. The van der Waals surface area contributed by atoms with Gasteiger partial charge in [0.25, 0.3) is 0 Å². The zero-order valence-corrected chi connectivity index (χ0v) is 9.59. The van der Waals surface area contributed by atoms with E-state index < -0.39 is 0 Å². The Kier molecular flexibility index (Phi) is 3.69. The summed E-state index contributed by atoms with van der Waals surface area (Å²) in [6.45, 7) is 2.99. The minimum Gasteiger partial charge on any atom is -0.381 e. The lowest BCUT2D eigenvalue weighted by molar-refractivity contribution is 0.193. The van der Waals surface area contributed by atoms with Crippen LogP contribution in [0.3, 0.4) is 0 Å². The molecule has 2 N–H and O–H groups in total. The predicted molar refractivity (Wildman–Crippen MR) is 62.5 cm³/mol. The summed E-state index contributed by atoms with van der Waals surface area (Å²) in [5.74, 6) is 1.17. The van der Waals surface area contributed by atoms with Crippen molar-refractivity contribution >= 4 is 5.95 Å². The second-order valence-corrected chi connectivity index (χ2v) is 4.05. The molecular weight excluding hydrogens is 204 g/mol. The van der Waals surface area contributed by atoms with E-state index in [0.717, 1.165) is 37.8 Å². The van der Waals surface area contributed by atoms with Crippen molar-refractivity contribution in [2.75, 3.05) is 38.3 Å². The molecule has 0 bridgehead atoms. The van der Waals surface area contributed by atoms with Crippen LogP contribution in [0.1, 0.15) is 18.0 Å². The first-order valence-electron chi connectivity index (χ1n) is 5.63. The molecule has 5 heteroatoms. The Bertz CT molecular complexity index is 339. The molecule has 0 amide bonds. The minimum atomic E-state index is 0.424. The van der Waals surface area contributed by atoms with Gasteiger partial charge in [0.05, 0.1) is 12.3 Å². The van der Waals surface area contributed by atoms with E-state index in [4.69, 9.17) is 10.5 Å². The predicted octanol–water partition coefficient (Wildman–Crippen LogP) is 0.375. The molecule has 1 aromatic heterocycles. The van der Waals surface area contributed by atoms with Crippen LogP contribution in [0.4, 0.5) is 5.95 Å². The molecule has 1 fully saturated rings. The highest BCUT2D eigenvalue weighted by molar-refractivity contribution is 5.29. The Balaban J connectivity index is 2.12. The molecule has 1 unspecified atom stereocenters. The molecule has 0 saturated carbocycles. The Morgan fingerprint density at radius 3 is 3.19 bits per heavy atom. The third kappa shape index (κ3) is 2.48. The van der Waals surface area contributed by atoms with Crippen molar-refractivity contribution in [1.82, 2.24) is 9.97 Å². The van der Waals surface area contributed by atoms with Gasteiger partial charge >= 0.3 is 0 Å². The van der Waals surface area contributed by atoms with E-state index in [1.807, 2.05) is 24.2 Å². The van der Waals surface area contributed by atoms with E-state index in [9.17, 15) is 0 Å². The quantitative estimate of drug-likeness (QED) is 0.797. The fraction of sp³-hybridized carbons (Fsp3) is 0.636. The summed E-state index contributed by atoms with van der Waals surface area (Å²) in [4.78, 5) is 10.8. The highest BCUT2D eigenvalue weighted by Crippen LogP contribution is 2.23. The largest absolute Gasteiger partial charge is 0.381 e. The van der Waals surface area contributed by atoms with Crippen molar-refractivity contribution in [1.29, 1.82) is 0 Å². The van der Waals surface area contributed by atoms with Crippen molar-refractivity contribution in [3.05, 3.63) is 18.0 Å². The van der Waals surface area contributed by atoms with Crippen LogP contribution in [-0.4, -0.2) is 43.3 Å². The maximum Gasteiger partial charge on any atom is 0.225 e. The van der Waals surface area contributed by atoms with Gasteiger partial charge < -0.3 is 15.4 Å². The maximum atomic E-state index is 5.51. The van der Waals surface area contributed by atoms with E-state index in [1.165, 1.54) is 0 Å². The van der Waals surface area contributed by atoms with Crippen molar-refractivity contribution in [3.8, 4) is 0 Å². The number of nitrogens with zero attached hydrogens (tertiary/aromatic N) is 3. The number of hydrogen-bond donors (Lipinski definition) is 1. The smallest absolute Gasteiger partial charge is 0.225 e. The zero-order chi connectivity index (χ0) is 11.4. The molecule has 1 aliphatic rings. The van der Waals surface area contributed by atoms with Crippen LogP contribution in [0.5, 0.6) is 0 Å². The summed E-state index contributed by atoms with van der Waals surface area (Å²) >= 11 is 0. The van der Waals surface area contributed by atoms with Crippen LogP contribution in [0.25, 0.3) is 0 Å². The first kappa shape index (κ1) is 11.3. The molecule has 2 heterocycles. The van der Waals surface area contributed by atoms with Gasteiger partial charge in [-0.1, -0.05) is 0 Å². The van der Waals surface area contributed by atoms with Gasteiger partial charge in [-0.3, -0.25) is 0 Å². The van der Waals surface area contributed by atoms with Gasteiger partial charge in [0, 0.05) is 38.9 Å². The normalized spacial score (nSPS) is 20.0. The van der Waals surface area contributed by atoms with E-state index in [0.29, 0.717) is 12.5 Å². The van der Waals surface area contributed by atoms with Gasteiger partial charge in [0.1, 0.15) is 0 Å². The standard InChI is InChI=1S/C11H18N4O/c1-15(6-4-12)11-13-5-2-10(14-11)9-3-7-16-8-9/h2,5,9H,3-4,6-8,12H2,1H3. The Labute approximate surface area is 95.6 Å². The highest BCUT2D eigenvalue weighted by atomic mass is 16.5.